The van der Waals surface area contributed by atoms with Crippen LogP contribution in [0.4, 0.5) is 0 Å². The van der Waals surface area contributed by atoms with Crippen LogP contribution in [0.1, 0.15) is 11.3 Å². The summed E-state index contributed by atoms with van der Waals surface area (Å²) in [4.78, 5) is 4.16. The molecule has 0 N–H and O–H groups in total. The quantitative estimate of drug-likeness (QED) is 0.664. The van der Waals surface area contributed by atoms with Crippen molar-refractivity contribution >= 4 is 18.7 Å². The van der Waals surface area contributed by atoms with Crippen LogP contribution in [0.5, 0.6) is 0 Å². The van der Waals surface area contributed by atoms with E-state index in [0.29, 0.717) is 0 Å². The molecule has 58 valence electrons. The number of aryl methyl sites for hydroxylation is 1. The Balaban J connectivity index is 2.86. The lowest BCUT2D eigenvalue weighted by Gasteiger charge is -1.95. The number of rotatable bonds is 2. The molecule has 0 aliphatic carbocycles. The molecule has 11 heavy (non-hydrogen) atoms. The first-order valence-electron chi connectivity index (χ1n) is 3.53. The van der Waals surface area contributed by atoms with Crippen molar-refractivity contribution in [3.05, 3.63) is 35.7 Å². The summed E-state index contributed by atoms with van der Waals surface area (Å²) < 4.78 is 0. The third kappa shape index (κ3) is 2.39. The molecule has 0 aliphatic heterocycles. The minimum Gasteiger partial charge on any atom is -0.261 e. The fraction of sp³-hybridized carbons (Fsp3) is 0.222. The number of hydrogen-bond acceptors (Lipinski definition) is 2. The summed E-state index contributed by atoms with van der Waals surface area (Å²) in [6, 6.07) is 3.98. The van der Waals surface area contributed by atoms with Crippen molar-refractivity contribution in [3.63, 3.8) is 0 Å². The molecular formula is C9H11NS. The Labute approximate surface area is 72.6 Å². The normalized spacial score (nSPS) is 10.7. The Morgan fingerprint density at radius 1 is 1.64 bits per heavy atom. The summed E-state index contributed by atoms with van der Waals surface area (Å²) in [7, 11) is 0. The molecule has 0 aromatic carbocycles. The molecule has 0 amide bonds. The zero-order valence-corrected chi connectivity index (χ0v) is 7.38. The second-order valence-electron chi connectivity index (χ2n) is 2.26. The summed E-state index contributed by atoms with van der Waals surface area (Å²) in [5, 5.41) is 0. The van der Waals surface area contributed by atoms with E-state index in [4.69, 9.17) is 0 Å². The molecule has 0 radical (unpaired) electrons. The van der Waals surface area contributed by atoms with Gasteiger partial charge in [0.25, 0.3) is 0 Å². The maximum Gasteiger partial charge on any atom is 0.0444 e. The van der Waals surface area contributed by atoms with Crippen molar-refractivity contribution in [2.24, 2.45) is 0 Å². The highest BCUT2D eigenvalue weighted by Crippen LogP contribution is 2.05. The van der Waals surface area contributed by atoms with E-state index in [2.05, 4.69) is 17.6 Å². The van der Waals surface area contributed by atoms with Gasteiger partial charge in [-0.05, 0) is 18.6 Å². The Morgan fingerprint density at radius 2 is 2.45 bits per heavy atom. The molecule has 1 rings (SSSR count). The summed E-state index contributed by atoms with van der Waals surface area (Å²) in [5.41, 5.74) is 2.23. The third-order valence-corrected chi connectivity index (χ3v) is 1.66. The van der Waals surface area contributed by atoms with Gasteiger partial charge in [-0.15, -0.1) is 0 Å². The van der Waals surface area contributed by atoms with E-state index >= 15 is 0 Å². The second-order valence-corrected chi connectivity index (χ2v) is 2.63. The number of nitrogens with zero attached hydrogens (tertiary/aromatic N) is 1. The average Bonchev–Trinajstić information content (AvgIpc) is 2.03. The van der Waals surface area contributed by atoms with Gasteiger partial charge in [0.2, 0.25) is 0 Å². The molecule has 0 unspecified atom stereocenters. The van der Waals surface area contributed by atoms with Gasteiger partial charge in [-0.2, -0.15) is 12.6 Å². The Kier molecular flexibility index (Phi) is 3.17. The zero-order chi connectivity index (χ0) is 8.10. The molecule has 1 heterocycles. The van der Waals surface area contributed by atoms with E-state index < -0.39 is 0 Å². The van der Waals surface area contributed by atoms with Crippen molar-refractivity contribution < 1.29 is 0 Å². The molecule has 1 aromatic rings. The number of hydrogen-bond donors (Lipinski definition) is 1. The standard InChI is InChI=1S/C9H11NS/c1-8-9(5-3-7-11)4-2-6-10-8/h2-6,11H,7H2,1H3. The molecule has 0 bridgehead atoms. The van der Waals surface area contributed by atoms with Crippen LogP contribution < -0.4 is 0 Å². The van der Waals surface area contributed by atoms with E-state index in [1.807, 2.05) is 31.2 Å². The molecule has 0 aliphatic rings. The molecule has 0 saturated carbocycles. The fourth-order valence-corrected chi connectivity index (χ4v) is 0.958. The van der Waals surface area contributed by atoms with Crippen LogP contribution >= 0.6 is 12.6 Å². The van der Waals surface area contributed by atoms with Crippen LogP contribution in [-0.4, -0.2) is 10.7 Å². The highest BCUT2D eigenvalue weighted by molar-refractivity contribution is 7.80. The largest absolute Gasteiger partial charge is 0.261 e. The second kappa shape index (κ2) is 4.19. The Morgan fingerprint density at radius 3 is 3.09 bits per heavy atom. The van der Waals surface area contributed by atoms with Gasteiger partial charge in [0.15, 0.2) is 0 Å². The number of aromatic nitrogens is 1. The van der Waals surface area contributed by atoms with Crippen LogP contribution in [0.25, 0.3) is 6.08 Å². The summed E-state index contributed by atoms with van der Waals surface area (Å²) in [6.07, 6.45) is 5.84. The molecule has 0 atom stereocenters. The van der Waals surface area contributed by atoms with Crippen molar-refractivity contribution in [3.8, 4) is 0 Å². The van der Waals surface area contributed by atoms with Crippen molar-refractivity contribution in [1.29, 1.82) is 0 Å². The highest BCUT2D eigenvalue weighted by Gasteiger charge is 1.90. The molecule has 0 spiro atoms. The molecule has 0 fully saturated rings. The monoisotopic (exact) mass is 165 g/mol. The van der Waals surface area contributed by atoms with Crippen molar-refractivity contribution in [2.75, 3.05) is 5.75 Å². The van der Waals surface area contributed by atoms with E-state index in [0.717, 1.165) is 11.4 Å². The van der Waals surface area contributed by atoms with Gasteiger partial charge in [0.1, 0.15) is 0 Å². The Hall–Kier alpha value is -0.760. The van der Waals surface area contributed by atoms with Gasteiger partial charge in [-0.1, -0.05) is 18.2 Å². The van der Waals surface area contributed by atoms with Gasteiger partial charge in [0.05, 0.1) is 0 Å². The van der Waals surface area contributed by atoms with E-state index in [-0.39, 0.29) is 0 Å². The predicted molar refractivity (Wildman–Crippen MR) is 51.9 cm³/mol. The van der Waals surface area contributed by atoms with Crippen LogP contribution in [-0.2, 0) is 0 Å². The van der Waals surface area contributed by atoms with Gasteiger partial charge in [-0.3, -0.25) is 4.98 Å². The molecular weight excluding hydrogens is 154 g/mol. The maximum atomic E-state index is 4.16. The SMILES string of the molecule is Cc1ncccc1C=CCS. The number of pyridine rings is 1. The van der Waals surface area contributed by atoms with E-state index in [9.17, 15) is 0 Å². The number of thiol groups is 1. The van der Waals surface area contributed by atoms with Gasteiger partial charge < -0.3 is 0 Å². The van der Waals surface area contributed by atoms with E-state index in [1.54, 1.807) is 6.20 Å². The van der Waals surface area contributed by atoms with Crippen LogP contribution in [0.2, 0.25) is 0 Å². The predicted octanol–water partition coefficient (Wildman–Crippen LogP) is 2.33. The van der Waals surface area contributed by atoms with E-state index in [1.165, 1.54) is 5.56 Å². The van der Waals surface area contributed by atoms with Crippen LogP contribution in [0.3, 0.4) is 0 Å². The van der Waals surface area contributed by atoms with Gasteiger partial charge >= 0.3 is 0 Å². The lowest BCUT2D eigenvalue weighted by Crippen LogP contribution is -1.83. The summed E-state index contributed by atoms with van der Waals surface area (Å²) in [6.45, 7) is 2.00. The summed E-state index contributed by atoms with van der Waals surface area (Å²) >= 11 is 4.08. The minimum atomic E-state index is 0.772. The average molecular weight is 165 g/mol. The van der Waals surface area contributed by atoms with Crippen molar-refractivity contribution in [1.82, 2.24) is 4.98 Å². The molecule has 1 aromatic heterocycles. The first kappa shape index (κ1) is 8.34. The van der Waals surface area contributed by atoms with Gasteiger partial charge in [0, 0.05) is 17.6 Å². The van der Waals surface area contributed by atoms with Crippen molar-refractivity contribution in [2.45, 2.75) is 6.92 Å². The smallest absolute Gasteiger partial charge is 0.0444 e. The maximum absolute atomic E-state index is 4.16. The van der Waals surface area contributed by atoms with Gasteiger partial charge in [-0.25, -0.2) is 0 Å². The fourth-order valence-electron chi connectivity index (χ4n) is 0.853. The first-order valence-corrected chi connectivity index (χ1v) is 4.17. The topological polar surface area (TPSA) is 12.9 Å². The first-order chi connectivity index (χ1) is 5.34. The molecule has 2 heteroatoms. The summed E-state index contributed by atoms with van der Waals surface area (Å²) in [5.74, 6) is 0.772. The molecule has 0 saturated heterocycles. The highest BCUT2D eigenvalue weighted by atomic mass is 32.1. The lowest BCUT2D eigenvalue weighted by atomic mass is 10.2. The minimum absolute atomic E-state index is 0.772. The zero-order valence-electron chi connectivity index (χ0n) is 6.49. The molecule has 1 nitrogen and oxygen atoms in total. The Bertz CT molecular complexity index is 255. The third-order valence-electron chi connectivity index (χ3n) is 1.45. The lowest BCUT2D eigenvalue weighted by molar-refractivity contribution is 1.19. The van der Waals surface area contributed by atoms with Crippen LogP contribution in [0, 0.1) is 6.92 Å². The van der Waals surface area contributed by atoms with Crippen LogP contribution in [0.15, 0.2) is 24.4 Å².